The molecule has 9 heteroatoms. The highest BCUT2D eigenvalue weighted by Gasteiger charge is 2.13. The minimum absolute atomic E-state index is 0. The van der Waals surface area contributed by atoms with Crippen LogP contribution in [0.4, 0.5) is 13.2 Å². The summed E-state index contributed by atoms with van der Waals surface area (Å²) in [7, 11) is 3.30. The Kier molecular flexibility index (Phi) is 10.2. The minimum Gasteiger partial charge on any atom is -0.469 e. The quantitative estimate of drug-likeness (QED) is 0.199. The molecule has 0 aliphatic carbocycles. The Morgan fingerprint density at radius 3 is 2.56 bits per heavy atom. The Labute approximate surface area is 173 Å². The van der Waals surface area contributed by atoms with Gasteiger partial charge in [-0.15, -0.1) is 24.0 Å². The number of benzene rings is 1. The molecule has 0 radical (unpaired) electrons. The Hall–Kier alpha value is -1.75. The first-order valence-corrected chi connectivity index (χ1v) is 8.15. The van der Waals surface area contributed by atoms with Crippen LogP contribution in [0.5, 0.6) is 0 Å². The van der Waals surface area contributed by atoms with Gasteiger partial charge < -0.3 is 19.4 Å². The van der Waals surface area contributed by atoms with E-state index in [1.54, 1.807) is 25.3 Å². The average molecular weight is 497 g/mol. The molecule has 0 unspecified atom stereocenters. The number of ether oxygens (including phenoxy) is 1. The molecular formula is C18H23F3IN3O2. The number of halogens is 4. The van der Waals surface area contributed by atoms with E-state index in [1.165, 1.54) is 0 Å². The van der Waals surface area contributed by atoms with Gasteiger partial charge in [0, 0.05) is 33.7 Å². The van der Waals surface area contributed by atoms with Gasteiger partial charge in [-0.3, -0.25) is 4.99 Å². The van der Waals surface area contributed by atoms with E-state index < -0.39 is 17.5 Å². The summed E-state index contributed by atoms with van der Waals surface area (Å²) in [5, 5.41) is 3.18. The normalized spacial score (nSPS) is 11.2. The van der Waals surface area contributed by atoms with Gasteiger partial charge in [0.1, 0.15) is 5.76 Å². The maximum absolute atomic E-state index is 13.4. The summed E-state index contributed by atoms with van der Waals surface area (Å²) in [6.45, 7) is 1.59. The molecule has 0 saturated heterocycles. The van der Waals surface area contributed by atoms with Crippen molar-refractivity contribution in [2.45, 2.75) is 13.0 Å². The third kappa shape index (κ3) is 7.41. The standard InChI is InChI=1S/C18H22F3N3O2.HI/c1-24(12-13-10-15(19)17(21)16(20)11-13)18(23-7-9-25-2)22-6-5-14-4-3-8-26-14;/h3-4,8,10-11H,5-7,9,12H2,1-2H3,(H,22,23);1H. The molecule has 0 saturated carbocycles. The molecule has 2 rings (SSSR count). The fourth-order valence-electron chi connectivity index (χ4n) is 2.35. The molecule has 0 atom stereocenters. The molecule has 0 aliphatic heterocycles. The van der Waals surface area contributed by atoms with E-state index >= 15 is 0 Å². The van der Waals surface area contributed by atoms with E-state index in [0.717, 1.165) is 17.9 Å². The first-order valence-electron chi connectivity index (χ1n) is 8.15. The fourth-order valence-corrected chi connectivity index (χ4v) is 2.35. The van der Waals surface area contributed by atoms with Gasteiger partial charge in [-0.2, -0.15) is 0 Å². The molecule has 0 aliphatic rings. The summed E-state index contributed by atoms with van der Waals surface area (Å²) in [4.78, 5) is 6.10. The van der Waals surface area contributed by atoms with Crippen molar-refractivity contribution >= 4 is 29.9 Å². The van der Waals surface area contributed by atoms with Crippen molar-refractivity contribution in [3.05, 3.63) is 59.3 Å². The monoisotopic (exact) mass is 497 g/mol. The van der Waals surface area contributed by atoms with Crippen LogP contribution in [0.1, 0.15) is 11.3 Å². The molecule has 5 nitrogen and oxygen atoms in total. The Balaban J connectivity index is 0.00000364. The van der Waals surface area contributed by atoms with Crippen molar-refractivity contribution < 1.29 is 22.3 Å². The van der Waals surface area contributed by atoms with E-state index in [9.17, 15) is 13.2 Å². The maximum Gasteiger partial charge on any atom is 0.194 e. The van der Waals surface area contributed by atoms with Crippen LogP contribution in [0.2, 0.25) is 0 Å². The number of aliphatic imine (C=N–C) groups is 1. The Bertz CT molecular complexity index is 704. The number of methoxy groups -OCH3 is 1. The zero-order valence-corrected chi connectivity index (χ0v) is 17.5. The second-order valence-electron chi connectivity index (χ2n) is 5.68. The number of guanidine groups is 1. The van der Waals surface area contributed by atoms with Crippen LogP contribution in [0.25, 0.3) is 0 Å². The molecule has 0 bridgehead atoms. The molecule has 0 amide bonds. The van der Waals surface area contributed by atoms with Gasteiger partial charge in [0.05, 0.1) is 19.4 Å². The smallest absolute Gasteiger partial charge is 0.194 e. The van der Waals surface area contributed by atoms with Crippen molar-refractivity contribution in [3.8, 4) is 0 Å². The second kappa shape index (κ2) is 11.9. The highest BCUT2D eigenvalue weighted by molar-refractivity contribution is 14.0. The summed E-state index contributed by atoms with van der Waals surface area (Å²) in [5.74, 6) is -2.52. The molecule has 1 aromatic heterocycles. The van der Waals surface area contributed by atoms with Crippen LogP contribution in [-0.4, -0.2) is 44.7 Å². The predicted octanol–water partition coefficient (Wildman–Crippen LogP) is 3.58. The van der Waals surface area contributed by atoms with Gasteiger partial charge in [0.2, 0.25) is 0 Å². The largest absolute Gasteiger partial charge is 0.469 e. The van der Waals surface area contributed by atoms with Crippen molar-refractivity contribution in [2.75, 3.05) is 33.9 Å². The van der Waals surface area contributed by atoms with Crippen molar-refractivity contribution in [3.63, 3.8) is 0 Å². The lowest BCUT2D eigenvalue weighted by Crippen LogP contribution is -2.39. The van der Waals surface area contributed by atoms with E-state index in [1.807, 2.05) is 12.1 Å². The second-order valence-corrected chi connectivity index (χ2v) is 5.68. The molecule has 0 spiro atoms. The molecule has 2 aromatic rings. The Morgan fingerprint density at radius 1 is 1.26 bits per heavy atom. The number of nitrogens with zero attached hydrogens (tertiary/aromatic N) is 2. The van der Waals surface area contributed by atoms with Gasteiger partial charge in [-0.25, -0.2) is 13.2 Å². The summed E-state index contributed by atoms with van der Waals surface area (Å²) in [6, 6.07) is 5.64. The third-order valence-electron chi connectivity index (χ3n) is 3.62. The lowest BCUT2D eigenvalue weighted by Gasteiger charge is -2.22. The van der Waals surface area contributed by atoms with Gasteiger partial charge in [0.25, 0.3) is 0 Å². The number of hydrogen-bond acceptors (Lipinski definition) is 3. The van der Waals surface area contributed by atoms with E-state index in [-0.39, 0.29) is 30.5 Å². The van der Waals surface area contributed by atoms with Crippen molar-refractivity contribution in [1.82, 2.24) is 10.2 Å². The number of furan rings is 1. The first-order chi connectivity index (χ1) is 12.5. The number of hydrogen-bond donors (Lipinski definition) is 1. The summed E-state index contributed by atoms with van der Waals surface area (Å²) in [5.41, 5.74) is 0.302. The third-order valence-corrected chi connectivity index (χ3v) is 3.62. The van der Waals surface area contributed by atoms with Crippen LogP contribution in [-0.2, 0) is 17.7 Å². The highest BCUT2D eigenvalue weighted by atomic mass is 127. The van der Waals surface area contributed by atoms with E-state index in [4.69, 9.17) is 9.15 Å². The molecule has 1 heterocycles. The SMILES string of the molecule is COCCN=C(NCCc1ccco1)N(C)Cc1cc(F)c(F)c(F)c1.I. The van der Waals surface area contributed by atoms with Gasteiger partial charge >= 0.3 is 0 Å². The van der Waals surface area contributed by atoms with Crippen LogP contribution < -0.4 is 5.32 Å². The van der Waals surface area contributed by atoms with Crippen molar-refractivity contribution in [1.29, 1.82) is 0 Å². The summed E-state index contributed by atoms with van der Waals surface area (Å²) < 4.78 is 50.1. The molecule has 0 fully saturated rings. The van der Waals surface area contributed by atoms with Gasteiger partial charge in [0.15, 0.2) is 23.4 Å². The zero-order valence-electron chi connectivity index (χ0n) is 15.2. The van der Waals surface area contributed by atoms with Crippen LogP contribution >= 0.6 is 24.0 Å². The topological polar surface area (TPSA) is 50.0 Å². The highest BCUT2D eigenvalue weighted by Crippen LogP contribution is 2.15. The number of rotatable bonds is 8. The number of nitrogens with one attached hydrogen (secondary N) is 1. The zero-order chi connectivity index (χ0) is 18.9. The predicted molar refractivity (Wildman–Crippen MR) is 108 cm³/mol. The van der Waals surface area contributed by atoms with E-state index in [2.05, 4.69) is 10.3 Å². The van der Waals surface area contributed by atoms with Crippen molar-refractivity contribution in [2.24, 2.45) is 4.99 Å². The summed E-state index contributed by atoms with van der Waals surface area (Å²) in [6.07, 6.45) is 2.26. The van der Waals surface area contributed by atoms with Gasteiger partial charge in [-0.1, -0.05) is 0 Å². The van der Waals surface area contributed by atoms with Crippen LogP contribution in [0.3, 0.4) is 0 Å². The van der Waals surface area contributed by atoms with Crippen LogP contribution in [0.15, 0.2) is 39.9 Å². The molecular weight excluding hydrogens is 474 g/mol. The lowest BCUT2D eigenvalue weighted by molar-refractivity contribution is 0.207. The first kappa shape index (κ1) is 23.3. The molecule has 1 aromatic carbocycles. The molecule has 150 valence electrons. The van der Waals surface area contributed by atoms with Crippen LogP contribution in [0, 0.1) is 17.5 Å². The fraction of sp³-hybridized carbons (Fsp3) is 0.389. The maximum atomic E-state index is 13.4. The molecule has 1 N–H and O–H groups in total. The van der Waals surface area contributed by atoms with E-state index in [0.29, 0.717) is 37.6 Å². The minimum atomic E-state index is -1.47. The molecule has 27 heavy (non-hydrogen) atoms. The summed E-state index contributed by atoms with van der Waals surface area (Å²) >= 11 is 0. The lowest BCUT2D eigenvalue weighted by atomic mass is 10.2. The van der Waals surface area contributed by atoms with Gasteiger partial charge in [-0.05, 0) is 29.8 Å². The Morgan fingerprint density at radius 2 is 1.96 bits per heavy atom. The average Bonchev–Trinajstić information content (AvgIpc) is 3.11.